The largest absolute Gasteiger partial charge is 0.468 e. The highest BCUT2D eigenvalue weighted by molar-refractivity contribution is 5.94. The molecule has 0 radical (unpaired) electrons. The van der Waals surface area contributed by atoms with Gasteiger partial charge >= 0.3 is 6.18 Å². The molecular weight excluding hydrogens is 275 g/mol. The first-order chi connectivity index (χ1) is 9.31. The van der Waals surface area contributed by atoms with Crippen LogP contribution in [-0.4, -0.2) is 29.7 Å². The van der Waals surface area contributed by atoms with Crippen LogP contribution >= 0.6 is 0 Å². The first-order valence-electron chi connectivity index (χ1n) is 5.65. The maximum atomic E-state index is 11.9. The number of amides is 1. The first kappa shape index (κ1) is 16.0. The van der Waals surface area contributed by atoms with Crippen molar-refractivity contribution in [3.8, 4) is 5.88 Å². The van der Waals surface area contributed by atoms with E-state index in [-0.39, 0.29) is 5.88 Å². The van der Waals surface area contributed by atoms with Gasteiger partial charge in [-0.25, -0.2) is 4.98 Å². The average molecular weight is 289 g/mol. The average Bonchev–Trinajstić information content (AvgIpc) is 2.37. The van der Waals surface area contributed by atoms with Gasteiger partial charge in [-0.2, -0.15) is 13.2 Å². The van der Waals surface area contributed by atoms with Gasteiger partial charge in [-0.1, -0.05) is 6.08 Å². The van der Waals surface area contributed by atoms with Gasteiger partial charge in [0.1, 0.15) is 0 Å². The number of ether oxygens (including phenoxy) is 1. The van der Waals surface area contributed by atoms with Gasteiger partial charge in [-0.15, -0.1) is 6.58 Å². The number of carbonyl (C=O) groups excluding carboxylic acids is 1. The molecule has 0 bridgehead atoms. The molecule has 0 aromatic carbocycles. The maximum Gasteiger partial charge on any atom is 0.422 e. The second-order valence-electron chi connectivity index (χ2n) is 3.91. The number of aromatic nitrogens is 1. The van der Waals surface area contributed by atoms with E-state index in [9.17, 15) is 18.0 Å². The zero-order chi connectivity index (χ0) is 15.2. The monoisotopic (exact) mass is 289 g/mol. The number of nitrogens with two attached hydrogens (primary N) is 1. The molecule has 5 nitrogen and oxygen atoms in total. The van der Waals surface area contributed by atoms with Gasteiger partial charge in [-0.05, 0) is 12.5 Å². The van der Waals surface area contributed by atoms with Crippen molar-refractivity contribution < 1.29 is 22.7 Å². The van der Waals surface area contributed by atoms with Crippen molar-refractivity contribution in [2.75, 3.05) is 11.9 Å². The highest BCUT2D eigenvalue weighted by Crippen LogP contribution is 2.18. The van der Waals surface area contributed by atoms with E-state index in [4.69, 9.17) is 5.73 Å². The van der Waals surface area contributed by atoms with Gasteiger partial charge in [0.15, 0.2) is 6.61 Å². The SMILES string of the molecule is C=CCC(N)C(=O)Nc1ccc(OCC(F)(F)F)nc1. The highest BCUT2D eigenvalue weighted by atomic mass is 19.4. The van der Waals surface area contributed by atoms with Crippen LogP contribution in [0.15, 0.2) is 31.0 Å². The second kappa shape index (κ2) is 6.90. The molecule has 1 amide bonds. The van der Waals surface area contributed by atoms with Crippen molar-refractivity contribution in [1.82, 2.24) is 4.98 Å². The maximum absolute atomic E-state index is 11.9. The van der Waals surface area contributed by atoms with Crippen molar-refractivity contribution in [3.63, 3.8) is 0 Å². The first-order valence-corrected chi connectivity index (χ1v) is 5.65. The normalized spacial score (nSPS) is 12.6. The third-order valence-corrected chi connectivity index (χ3v) is 2.14. The van der Waals surface area contributed by atoms with E-state index in [1.807, 2.05) is 0 Å². The Morgan fingerprint density at radius 3 is 2.75 bits per heavy atom. The predicted octanol–water partition coefficient (Wildman–Crippen LogP) is 1.86. The number of hydrogen-bond acceptors (Lipinski definition) is 4. The topological polar surface area (TPSA) is 77.2 Å². The molecule has 1 aromatic heterocycles. The minimum absolute atomic E-state index is 0.185. The molecule has 1 aromatic rings. The van der Waals surface area contributed by atoms with E-state index in [1.54, 1.807) is 0 Å². The van der Waals surface area contributed by atoms with Crippen LogP contribution in [0.3, 0.4) is 0 Å². The van der Waals surface area contributed by atoms with Crippen molar-refractivity contribution in [2.45, 2.75) is 18.6 Å². The summed E-state index contributed by atoms with van der Waals surface area (Å²) in [5.41, 5.74) is 5.86. The molecule has 1 unspecified atom stereocenters. The van der Waals surface area contributed by atoms with Crippen LogP contribution in [0.25, 0.3) is 0 Å². The molecule has 0 saturated carbocycles. The Morgan fingerprint density at radius 2 is 2.25 bits per heavy atom. The molecule has 0 spiro atoms. The van der Waals surface area contributed by atoms with Gasteiger partial charge in [0, 0.05) is 6.07 Å². The van der Waals surface area contributed by atoms with E-state index < -0.39 is 24.7 Å². The summed E-state index contributed by atoms with van der Waals surface area (Å²) in [6, 6.07) is 1.85. The van der Waals surface area contributed by atoms with Crippen LogP contribution in [0.4, 0.5) is 18.9 Å². The van der Waals surface area contributed by atoms with Crippen LogP contribution in [0.5, 0.6) is 5.88 Å². The fraction of sp³-hybridized carbons (Fsp3) is 0.333. The van der Waals surface area contributed by atoms with Crippen LogP contribution in [0.2, 0.25) is 0 Å². The molecule has 0 aliphatic rings. The number of hydrogen-bond donors (Lipinski definition) is 2. The third-order valence-electron chi connectivity index (χ3n) is 2.14. The van der Waals surface area contributed by atoms with Crippen LogP contribution in [-0.2, 0) is 4.79 Å². The van der Waals surface area contributed by atoms with E-state index >= 15 is 0 Å². The minimum Gasteiger partial charge on any atom is -0.468 e. The van der Waals surface area contributed by atoms with Crippen LogP contribution < -0.4 is 15.8 Å². The number of anilines is 1. The highest BCUT2D eigenvalue weighted by Gasteiger charge is 2.28. The standard InChI is InChI=1S/C12H14F3N3O2/c1-2-3-9(16)11(19)18-8-4-5-10(17-6-8)20-7-12(13,14)15/h2,4-6,9H,1,3,7,16H2,(H,18,19). The molecule has 0 aliphatic carbocycles. The third kappa shape index (κ3) is 5.70. The van der Waals surface area contributed by atoms with Crippen molar-refractivity contribution in [1.29, 1.82) is 0 Å². The Bertz CT molecular complexity index is 460. The Hall–Kier alpha value is -2.09. The molecule has 1 rings (SSSR count). The fourth-order valence-electron chi connectivity index (χ4n) is 1.22. The molecule has 20 heavy (non-hydrogen) atoms. The zero-order valence-electron chi connectivity index (χ0n) is 10.5. The van der Waals surface area contributed by atoms with Gasteiger partial charge in [-0.3, -0.25) is 4.79 Å². The molecule has 0 fully saturated rings. The van der Waals surface area contributed by atoms with E-state index in [0.29, 0.717) is 12.1 Å². The molecule has 0 saturated heterocycles. The Balaban J connectivity index is 2.54. The summed E-state index contributed by atoms with van der Waals surface area (Å²) < 4.78 is 40.2. The molecule has 3 N–H and O–H groups in total. The number of halogens is 3. The summed E-state index contributed by atoms with van der Waals surface area (Å²) >= 11 is 0. The second-order valence-corrected chi connectivity index (χ2v) is 3.91. The van der Waals surface area contributed by atoms with Gasteiger partial charge in [0.05, 0.1) is 17.9 Å². The number of nitrogens with zero attached hydrogens (tertiary/aromatic N) is 1. The van der Waals surface area contributed by atoms with Crippen molar-refractivity contribution in [2.24, 2.45) is 5.73 Å². The van der Waals surface area contributed by atoms with Crippen LogP contribution in [0, 0.1) is 0 Å². The summed E-state index contributed by atoms with van der Waals surface area (Å²) in [5.74, 6) is -0.619. The van der Waals surface area contributed by atoms with E-state index in [0.717, 1.165) is 0 Å². The molecule has 1 heterocycles. The number of carbonyl (C=O) groups is 1. The lowest BCUT2D eigenvalue weighted by Crippen LogP contribution is -2.35. The van der Waals surface area contributed by atoms with Gasteiger partial charge in [0.2, 0.25) is 11.8 Å². The van der Waals surface area contributed by atoms with Crippen molar-refractivity contribution >= 4 is 11.6 Å². The summed E-state index contributed by atoms with van der Waals surface area (Å²) in [4.78, 5) is 15.2. The molecule has 8 heteroatoms. The lowest BCUT2D eigenvalue weighted by atomic mass is 10.2. The quantitative estimate of drug-likeness (QED) is 0.784. The summed E-state index contributed by atoms with van der Waals surface area (Å²) in [6.07, 6.45) is -1.42. The number of rotatable bonds is 6. The lowest BCUT2D eigenvalue weighted by molar-refractivity contribution is -0.154. The lowest BCUT2D eigenvalue weighted by Gasteiger charge is -2.11. The number of pyridine rings is 1. The number of nitrogens with one attached hydrogen (secondary N) is 1. The molecular formula is C12H14F3N3O2. The predicted molar refractivity (Wildman–Crippen MR) is 67.2 cm³/mol. The smallest absolute Gasteiger partial charge is 0.422 e. The Labute approximate surface area is 113 Å². The zero-order valence-corrected chi connectivity index (χ0v) is 10.5. The van der Waals surface area contributed by atoms with Gasteiger partial charge in [0.25, 0.3) is 0 Å². The number of alkyl halides is 3. The van der Waals surface area contributed by atoms with Crippen molar-refractivity contribution in [3.05, 3.63) is 31.0 Å². The molecule has 1 atom stereocenters. The molecule has 110 valence electrons. The summed E-state index contributed by atoms with van der Waals surface area (Å²) in [7, 11) is 0. The Kier molecular flexibility index (Phi) is 5.51. The molecule has 0 aliphatic heterocycles. The van der Waals surface area contributed by atoms with E-state index in [1.165, 1.54) is 24.4 Å². The van der Waals surface area contributed by atoms with Crippen LogP contribution in [0.1, 0.15) is 6.42 Å². The summed E-state index contributed by atoms with van der Waals surface area (Å²) in [5, 5.41) is 2.47. The fourth-order valence-corrected chi connectivity index (χ4v) is 1.22. The van der Waals surface area contributed by atoms with Gasteiger partial charge < -0.3 is 15.8 Å². The Morgan fingerprint density at radius 1 is 1.55 bits per heavy atom. The summed E-state index contributed by atoms with van der Waals surface area (Å²) in [6.45, 7) is 2.04. The van der Waals surface area contributed by atoms with E-state index in [2.05, 4.69) is 21.6 Å². The minimum atomic E-state index is -4.42.